The van der Waals surface area contributed by atoms with Crippen molar-refractivity contribution in [2.45, 2.75) is 38.5 Å². The molecule has 19 heavy (non-hydrogen) atoms. The maximum absolute atomic E-state index is 6.01. The van der Waals surface area contributed by atoms with Crippen molar-refractivity contribution < 1.29 is 4.74 Å². The lowest BCUT2D eigenvalue weighted by atomic mass is 10.00. The van der Waals surface area contributed by atoms with Crippen LogP contribution in [0, 0.1) is 6.92 Å². The molecule has 1 fully saturated rings. The molecule has 0 spiro atoms. The molecule has 1 saturated heterocycles. The third-order valence-electron chi connectivity index (χ3n) is 4.14. The Bertz CT molecular complexity index is 438. The highest BCUT2D eigenvalue weighted by molar-refractivity contribution is 9.10. The van der Waals surface area contributed by atoms with Crippen LogP contribution in [0.2, 0.25) is 0 Å². The van der Waals surface area contributed by atoms with Crippen molar-refractivity contribution in [1.82, 2.24) is 4.90 Å². The summed E-state index contributed by atoms with van der Waals surface area (Å²) in [6.07, 6.45) is 1.37. The first-order valence-corrected chi connectivity index (χ1v) is 7.63. The maximum Gasteiger partial charge on any atom is 0.0703 e. The van der Waals surface area contributed by atoms with Gasteiger partial charge in [-0.3, -0.25) is 4.90 Å². The molecule has 0 saturated carbocycles. The van der Waals surface area contributed by atoms with Gasteiger partial charge < -0.3 is 10.5 Å². The highest BCUT2D eigenvalue weighted by atomic mass is 79.9. The first-order valence-electron chi connectivity index (χ1n) is 6.84. The number of hydrogen-bond acceptors (Lipinski definition) is 3. The zero-order valence-corrected chi connectivity index (χ0v) is 13.5. The molecule has 0 radical (unpaired) electrons. The minimum atomic E-state index is 0.251. The number of halogens is 1. The van der Waals surface area contributed by atoms with Gasteiger partial charge in [0, 0.05) is 29.7 Å². The Morgan fingerprint density at radius 2 is 2.26 bits per heavy atom. The molecule has 3 unspecified atom stereocenters. The van der Waals surface area contributed by atoms with Gasteiger partial charge in [-0.25, -0.2) is 0 Å². The molecule has 2 rings (SSSR count). The second-order valence-electron chi connectivity index (χ2n) is 5.36. The molecule has 3 nitrogen and oxygen atoms in total. The Labute approximate surface area is 124 Å². The van der Waals surface area contributed by atoms with Crippen LogP contribution in [0.3, 0.4) is 0 Å². The monoisotopic (exact) mass is 326 g/mol. The van der Waals surface area contributed by atoms with Crippen LogP contribution in [0.5, 0.6) is 0 Å². The lowest BCUT2D eigenvalue weighted by Crippen LogP contribution is -2.42. The van der Waals surface area contributed by atoms with Crippen molar-refractivity contribution in [3.8, 4) is 0 Å². The van der Waals surface area contributed by atoms with E-state index < -0.39 is 0 Å². The van der Waals surface area contributed by atoms with Crippen LogP contribution in [-0.2, 0) is 4.74 Å². The van der Waals surface area contributed by atoms with E-state index >= 15 is 0 Å². The van der Waals surface area contributed by atoms with Gasteiger partial charge in [0.25, 0.3) is 0 Å². The molecular formula is C15H23BrN2O. The summed E-state index contributed by atoms with van der Waals surface area (Å²) in [5.74, 6) is 0. The second kappa shape index (κ2) is 6.35. The van der Waals surface area contributed by atoms with Gasteiger partial charge in [-0.15, -0.1) is 0 Å². The molecule has 1 heterocycles. The smallest absolute Gasteiger partial charge is 0.0703 e. The van der Waals surface area contributed by atoms with Crippen LogP contribution < -0.4 is 5.73 Å². The summed E-state index contributed by atoms with van der Waals surface area (Å²) in [6.45, 7) is 5.74. The van der Waals surface area contributed by atoms with Gasteiger partial charge in [0.05, 0.1) is 6.10 Å². The SMILES string of the molecule is Cc1cc(C(CN)N(C)C2CCOC2C)ccc1Br. The number of hydrogen-bond donors (Lipinski definition) is 1. The largest absolute Gasteiger partial charge is 0.377 e. The number of benzene rings is 1. The van der Waals surface area contributed by atoms with E-state index in [0.717, 1.165) is 17.5 Å². The Kier molecular flexibility index (Phi) is 5.01. The fraction of sp³-hybridized carbons (Fsp3) is 0.600. The first-order chi connectivity index (χ1) is 9.04. The van der Waals surface area contributed by atoms with Crippen molar-refractivity contribution in [2.24, 2.45) is 5.73 Å². The standard InChI is InChI=1S/C15H23BrN2O/c1-10-8-12(4-5-13(10)16)15(9-17)18(3)14-6-7-19-11(14)2/h4-5,8,11,14-15H,6-7,9,17H2,1-3H3. The molecule has 4 heteroatoms. The molecule has 1 aromatic carbocycles. The number of aryl methyl sites for hydroxylation is 1. The van der Waals surface area contributed by atoms with Crippen LogP contribution in [0.4, 0.5) is 0 Å². The van der Waals surface area contributed by atoms with Crippen LogP contribution in [0.1, 0.15) is 30.5 Å². The second-order valence-corrected chi connectivity index (χ2v) is 6.21. The van der Waals surface area contributed by atoms with Gasteiger partial charge >= 0.3 is 0 Å². The summed E-state index contributed by atoms with van der Waals surface area (Å²) in [5.41, 5.74) is 8.54. The Morgan fingerprint density at radius 1 is 1.53 bits per heavy atom. The molecule has 3 atom stereocenters. The van der Waals surface area contributed by atoms with Crippen molar-refractivity contribution >= 4 is 15.9 Å². The topological polar surface area (TPSA) is 38.5 Å². The molecule has 1 aromatic rings. The third kappa shape index (κ3) is 3.19. The summed E-state index contributed by atoms with van der Waals surface area (Å²) in [5, 5.41) is 0. The van der Waals surface area contributed by atoms with Gasteiger partial charge in [0.15, 0.2) is 0 Å². The molecule has 0 aromatic heterocycles. The van der Waals surface area contributed by atoms with Crippen molar-refractivity contribution in [2.75, 3.05) is 20.2 Å². The van der Waals surface area contributed by atoms with Gasteiger partial charge in [-0.2, -0.15) is 0 Å². The van der Waals surface area contributed by atoms with Crippen molar-refractivity contribution in [3.63, 3.8) is 0 Å². The molecule has 2 N–H and O–H groups in total. The summed E-state index contributed by atoms with van der Waals surface area (Å²) < 4.78 is 6.82. The van der Waals surface area contributed by atoms with Crippen LogP contribution in [0.15, 0.2) is 22.7 Å². The van der Waals surface area contributed by atoms with Crippen molar-refractivity contribution in [1.29, 1.82) is 0 Å². The Balaban J connectivity index is 2.20. The first kappa shape index (κ1) is 15.0. The molecule has 0 aliphatic carbocycles. The fourth-order valence-corrected chi connectivity index (χ4v) is 3.15. The normalized spacial score (nSPS) is 24.9. The summed E-state index contributed by atoms with van der Waals surface area (Å²) in [4.78, 5) is 2.38. The number of ether oxygens (including phenoxy) is 1. The summed E-state index contributed by atoms with van der Waals surface area (Å²) >= 11 is 3.55. The minimum Gasteiger partial charge on any atom is -0.377 e. The minimum absolute atomic E-state index is 0.251. The highest BCUT2D eigenvalue weighted by Crippen LogP contribution is 2.29. The quantitative estimate of drug-likeness (QED) is 0.924. The third-order valence-corrected chi connectivity index (χ3v) is 5.03. The van der Waals surface area contributed by atoms with E-state index in [1.165, 1.54) is 11.1 Å². The summed E-state index contributed by atoms with van der Waals surface area (Å²) in [7, 11) is 2.16. The van der Waals surface area contributed by atoms with Gasteiger partial charge in [-0.05, 0) is 44.5 Å². The number of rotatable bonds is 4. The number of likely N-dealkylation sites (N-methyl/N-ethyl adjacent to an activating group) is 1. The van der Waals surface area contributed by atoms with Gasteiger partial charge in [-0.1, -0.05) is 28.1 Å². The molecule has 0 bridgehead atoms. The van der Waals surface area contributed by atoms with E-state index in [0.29, 0.717) is 12.6 Å². The van der Waals surface area contributed by atoms with Crippen LogP contribution >= 0.6 is 15.9 Å². The Morgan fingerprint density at radius 3 is 2.79 bits per heavy atom. The molecule has 106 valence electrons. The predicted molar refractivity (Wildman–Crippen MR) is 82.3 cm³/mol. The fourth-order valence-electron chi connectivity index (χ4n) is 2.90. The van der Waals surface area contributed by atoms with Crippen molar-refractivity contribution in [3.05, 3.63) is 33.8 Å². The van der Waals surface area contributed by atoms with E-state index in [1.54, 1.807) is 0 Å². The average molecular weight is 327 g/mol. The van der Waals surface area contributed by atoms with Crippen LogP contribution in [-0.4, -0.2) is 37.2 Å². The van der Waals surface area contributed by atoms with Gasteiger partial charge in [0.1, 0.15) is 0 Å². The van der Waals surface area contributed by atoms with E-state index in [2.05, 4.69) is 59.9 Å². The number of nitrogens with zero attached hydrogens (tertiary/aromatic N) is 1. The van der Waals surface area contributed by atoms with E-state index in [-0.39, 0.29) is 12.1 Å². The highest BCUT2D eigenvalue weighted by Gasteiger charge is 2.31. The lowest BCUT2D eigenvalue weighted by molar-refractivity contribution is 0.0686. The average Bonchev–Trinajstić information content (AvgIpc) is 2.80. The molecule has 1 aliphatic heterocycles. The van der Waals surface area contributed by atoms with E-state index in [1.807, 2.05) is 0 Å². The van der Waals surface area contributed by atoms with E-state index in [4.69, 9.17) is 10.5 Å². The molecular weight excluding hydrogens is 304 g/mol. The summed E-state index contributed by atoms with van der Waals surface area (Å²) in [6, 6.07) is 7.19. The predicted octanol–water partition coefficient (Wildman–Crippen LogP) is 2.87. The zero-order valence-electron chi connectivity index (χ0n) is 11.9. The van der Waals surface area contributed by atoms with E-state index in [9.17, 15) is 0 Å². The Hall–Kier alpha value is -0.420. The number of nitrogens with two attached hydrogens (primary N) is 1. The van der Waals surface area contributed by atoms with Gasteiger partial charge in [0.2, 0.25) is 0 Å². The molecule has 0 amide bonds. The molecule has 1 aliphatic rings. The maximum atomic E-state index is 6.01. The lowest BCUT2D eigenvalue weighted by Gasteiger charge is -2.34. The zero-order chi connectivity index (χ0) is 14.0. The van der Waals surface area contributed by atoms with Crippen LogP contribution in [0.25, 0.3) is 0 Å².